The van der Waals surface area contributed by atoms with Crippen LogP contribution in [0.5, 0.6) is 0 Å². The highest BCUT2D eigenvalue weighted by molar-refractivity contribution is 5.91. The fourth-order valence-corrected chi connectivity index (χ4v) is 2.04. The zero-order chi connectivity index (χ0) is 15.2. The Morgan fingerprint density at radius 1 is 1.14 bits per heavy atom. The number of likely N-dealkylation sites (N-methyl/N-ethyl adjacent to an activating group) is 1. The van der Waals surface area contributed by atoms with Crippen molar-refractivity contribution in [3.63, 3.8) is 0 Å². The van der Waals surface area contributed by atoms with E-state index in [1.165, 1.54) is 18.2 Å². The van der Waals surface area contributed by atoms with Crippen LogP contribution >= 0.6 is 0 Å². The van der Waals surface area contributed by atoms with Crippen molar-refractivity contribution < 1.29 is 9.18 Å². The fourth-order valence-electron chi connectivity index (χ4n) is 2.04. The molecule has 2 nitrogen and oxygen atoms in total. The van der Waals surface area contributed by atoms with Crippen molar-refractivity contribution in [1.29, 1.82) is 0 Å². The molecule has 0 heterocycles. The molecule has 1 unspecified atom stereocenters. The minimum absolute atomic E-state index is 0.0177. The maximum atomic E-state index is 13.1. The lowest BCUT2D eigenvalue weighted by Gasteiger charge is -2.24. The number of benzene rings is 2. The first-order valence-electron chi connectivity index (χ1n) is 6.83. The Hall–Kier alpha value is -2.42. The summed E-state index contributed by atoms with van der Waals surface area (Å²) in [6.07, 6.45) is 3.09. The molecule has 0 saturated carbocycles. The summed E-state index contributed by atoms with van der Waals surface area (Å²) in [5.74, 6) is -0.425. The normalized spacial score (nSPS) is 12.3. The fraction of sp³-hybridized carbons (Fsp3) is 0.167. The van der Waals surface area contributed by atoms with Crippen molar-refractivity contribution >= 4 is 12.0 Å². The Morgan fingerprint density at radius 2 is 1.86 bits per heavy atom. The van der Waals surface area contributed by atoms with E-state index in [0.29, 0.717) is 5.56 Å². The first kappa shape index (κ1) is 15.0. The number of hydrogen-bond donors (Lipinski definition) is 0. The molecule has 1 amide bonds. The van der Waals surface area contributed by atoms with Crippen LogP contribution in [0, 0.1) is 5.82 Å². The lowest BCUT2D eigenvalue weighted by Crippen LogP contribution is -2.27. The Balaban J connectivity index is 2.06. The van der Waals surface area contributed by atoms with Crippen molar-refractivity contribution in [2.45, 2.75) is 13.0 Å². The summed E-state index contributed by atoms with van der Waals surface area (Å²) in [5, 5.41) is 0. The molecular formula is C18H18FNO. The second kappa shape index (κ2) is 6.84. The molecule has 0 bridgehead atoms. The molecule has 0 aliphatic carbocycles. The van der Waals surface area contributed by atoms with Crippen LogP contribution in [0.25, 0.3) is 6.08 Å². The van der Waals surface area contributed by atoms with Gasteiger partial charge in [-0.25, -0.2) is 4.39 Å². The van der Waals surface area contributed by atoms with E-state index < -0.39 is 0 Å². The van der Waals surface area contributed by atoms with E-state index in [0.717, 1.165) is 5.56 Å². The van der Waals surface area contributed by atoms with Crippen LogP contribution in [0.1, 0.15) is 24.1 Å². The van der Waals surface area contributed by atoms with Crippen LogP contribution in [0.3, 0.4) is 0 Å². The monoisotopic (exact) mass is 283 g/mol. The summed E-state index contributed by atoms with van der Waals surface area (Å²) in [6.45, 7) is 1.98. The average molecular weight is 283 g/mol. The molecule has 0 aliphatic rings. The van der Waals surface area contributed by atoms with Gasteiger partial charge in [-0.05, 0) is 36.3 Å². The Morgan fingerprint density at radius 3 is 2.52 bits per heavy atom. The van der Waals surface area contributed by atoms with Crippen molar-refractivity contribution in [3.05, 3.63) is 77.6 Å². The standard InChI is InChI=1S/C18H18FNO/c1-14(16-8-4-3-5-9-16)20(2)18(21)12-11-15-7-6-10-17(19)13-15/h3-14H,1-2H3/b12-11+. The van der Waals surface area contributed by atoms with Crippen LogP contribution in [-0.2, 0) is 4.79 Å². The van der Waals surface area contributed by atoms with Gasteiger partial charge in [-0.15, -0.1) is 0 Å². The zero-order valence-electron chi connectivity index (χ0n) is 12.2. The second-order valence-corrected chi connectivity index (χ2v) is 4.92. The van der Waals surface area contributed by atoms with Gasteiger partial charge in [0.1, 0.15) is 5.82 Å². The van der Waals surface area contributed by atoms with E-state index in [9.17, 15) is 9.18 Å². The number of halogens is 1. The first-order valence-corrected chi connectivity index (χ1v) is 6.83. The summed E-state index contributed by atoms with van der Waals surface area (Å²) < 4.78 is 13.1. The van der Waals surface area contributed by atoms with Gasteiger partial charge in [0.2, 0.25) is 5.91 Å². The summed E-state index contributed by atoms with van der Waals surface area (Å²) in [4.78, 5) is 13.8. The van der Waals surface area contributed by atoms with E-state index in [-0.39, 0.29) is 17.8 Å². The van der Waals surface area contributed by atoms with Crippen LogP contribution in [0.15, 0.2) is 60.7 Å². The van der Waals surface area contributed by atoms with Gasteiger partial charge in [0.15, 0.2) is 0 Å². The van der Waals surface area contributed by atoms with E-state index >= 15 is 0 Å². The molecule has 108 valence electrons. The Bertz CT molecular complexity index is 637. The minimum atomic E-state index is -0.310. The van der Waals surface area contributed by atoms with Gasteiger partial charge in [-0.1, -0.05) is 42.5 Å². The minimum Gasteiger partial charge on any atom is -0.335 e. The molecule has 3 heteroatoms. The van der Waals surface area contributed by atoms with E-state index in [2.05, 4.69) is 0 Å². The number of amides is 1. The van der Waals surface area contributed by atoms with Gasteiger partial charge in [-0.2, -0.15) is 0 Å². The second-order valence-electron chi connectivity index (χ2n) is 4.92. The van der Waals surface area contributed by atoms with Crippen molar-refractivity contribution in [2.24, 2.45) is 0 Å². The number of rotatable bonds is 4. The maximum absolute atomic E-state index is 13.1. The third-order valence-corrected chi connectivity index (χ3v) is 3.48. The van der Waals surface area contributed by atoms with Crippen LogP contribution in [0.2, 0.25) is 0 Å². The highest BCUT2D eigenvalue weighted by atomic mass is 19.1. The summed E-state index contributed by atoms with van der Waals surface area (Å²) in [6, 6.07) is 16.0. The highest BCUT2D eigenvalue weighted by Gasteiger charge is 2.14. The van der Waals surface area contributed by atoms with E-state index in [4.69, 9.17) is 0 Å². The predicted molar refractivity (Wildman–Crippen MR) is 83.1 cm³/mol. The SMILES string of the molecule is CC(c1ccccc1)N(C)C(=O)/C=C/c1cccc(F)c1. The summed E-state index contributed by atoms with van der Waals surface area (Å²) in [5.41, 5.74) is 1.75. The zero-order valence-corrected chi connectivity index (χ0v) is 12.2. The third-order valence-electron chi connectivity index (χ3n) is 3.48. The van der Waals surface area contributed by atoms with Gasteiger partial charge in [0.05, 0.1) is 6.04 Å². The van der Waals surface area contributed by atoms with Gasteiger partial charge in [0, 0.05) is 13.1 Å². The number of nitrogens with zero attached hydrogens (tertiary/aromatic N) is 1. The molecular weight excluding hydrogens is 265 g/mol. The van der Waals surface area contributed by atoms with Gasteiger partial charge in [-0.3, -0.25) is 4.79 Å². The van der Waals surface area contributed by atoms with E-state index in [1.54, 1.807) is 30.2 Å². The molecule has 0 saturated heterocycles. The molecule has 1 atom stereocenters. The number of carbonyl (C=O) groups is 1. The quantitative estimate of drug-likeness (QED) is 0.775. The molecule has 0 spiro atoms. The number of hydrogen-bond acceptors (Lipinski definition) is 1. The van der Waals surface area contributed by atoms with Crippen LogP contribution in [0.4, 0.5) is 4.39 Å². The molecule has 21 heavy (non-hydrogen) atoms. The van der Waals surface area contributed by atoms with Gasteiger partial charge < -0.3 is 4.90 Å². The van der Waals surface area contributed by atoms with Gasteiger partial charge >= 0.3 is 0 Å². The van der Waals surface area contributed by atoms with Crippen LogP contribution < -0.4 is 0 Å². The molecule has 0 N–H and O–H groups in total. The van der Waals surface area contributed by atoms with Crippen molar-refractivity contribution in [1.82, 2.24) is 4.90 Å². The van der Waals surface area contributed by atoms with Crippen molar-refractivity contribution in [2.75, 3.05) is 7.05 Å². The third kappa shape index (κ3) is 4.02. The molecule has 0 radical (unpaired) electrons. The topological polar surface area (TPSA) is 20.3 Å². The van der Waals surface area contributed by atoms with Crippen LogP contribution in [-0.4, -0.2) is 17.9 Å². The lowest BCUT2D eigenvalue weighted by molar-refractivity contribution is -0.126. The van der Waals surface area contributed by atoms with Gasteiger partial charge in [0.25, 0.3) is 0 Å². The molecule has 2 aromatic rings. The molecule has 2 rings (SSSR count). The molecule has 2 aromatic carbocycles. The molecule has 0 aromatic heterocycles. The highest BCUT2D eigenvalue weighted by Crippen LogP contribution is 2.18. The Kier molecular flexibility index (Phi) is 4.88. The Labute approximate surface area is 124 Å². The van der Waals surface area contributed by atoms with Crippen molar-refractivity contribution in [3.8, 4) is 0 Å². The summed E-state index contributed by atoms with van der Waals surface area (Å²) in [7, 11) is 1.76. The lowest BCUT2D eigenvalue weighted by atomic mass is 10.1. The van der Waals surface area contributed by atoms with E-state index in [1.807, 2.05) is 37.3 Å². The predicted octanol–water partition coefficient (Wildman–Crippen LogP) is 4.06. The largest absolute Gasteiger partial charge is 0.335 e. The number of carbonyl (C=O) groups excluding carboxylic acids is 1. The maximum Gasteiger partial charge on any atom is 0.246 e. The summed E-state index contributed by atoms with van der Waals surface area (Å²) >= 11 is 0. The first-order chi connectivity index (χ1) is 10.1. The molecule has 0 fully saturated rings. The molecule has 0 aliphatic heterocycles. The smallest absolute Gasteiger partial charge is 0.246 e. The average Bonchev–Trinajstić information content (AvgIpc) is 2.52.